The maximum Gasteiger partial charge on any atom is 0.460 e. The molecule has 0 aromatic heterocycles. The number of rotatable bonds is 7. The number of halogens is 11. The lowest BCUT2D eigenvalue weighted by molar-refractivity contribution is -0.413. The highest BCUT2D eigenvalue weighted by molar-refractivity contribution is 7.90. The van der Waals surface area contributed by atoms with Crippen molar-refractivity contribution in [1.29, 1.82) is 0 Å². The fourth-order valence-electron chi connectivity index (χ4n) is 0.997. The van der Waals surface area contributed by atoms with E-state index in [-0.39, 0.29) is 0 Å². The van der Waals surface area contributed by atoms with E-state index in [0.29, 0.717) is 4.72 Å². The molecule has 0 bridgehead atoms. The summed E-state index contributed by atoms with van der Waals surface area (Å²) in [5, 5.41) is 1.06. The second-order valence-electron chi connectivity index (χ2n) is 3.86. The number of aliphatic hydroxyl groups excluding tert-OH is 1. The highest BCUT2D eigenvalue weighted by Crippen LogP contribution is 2.58. The molecule has 0 saturated carbocycles. The Morgan fingerprint density at radius 3 is 1.43 bits per heavy atom. The minimum Gasteiger partial charge on any atom is -0.395 e. The van der Waals surface area contributed by atoms with Crippen LogP contribution in [0.1, 0.15) is 0 Å². The molecule has 0 amide bonds. The normalized spacial score (nSPS) is 15.8. The molecule has 0 atom stereocenters. The van der Waals surface area contributed by atoms with Gasteiger partial charge in [0.2, 0.25) is 0 Å². The van der Waals surface area contributed by atoms with E-state index in [1.807, 2.05) is 0 Å². The SMILES string of the molecule is O=S(=O)(NCCO)C(F)(F)C(F)(F)C(F)(F)C(F)(F)C(F)(F)F. The zero-order valence-electron chi connectivity index (χ0n) is 10.2. The van der Waals surface area contributed by atoms with Gasteiger partial charge in [-0.3, -0.25) is 0 Å². The van der Waals surface area contributed by atoms with E-state index < -0.39 is 52.4 Å². The Kier molecular flexibility index (Phi) is 5.64. The molecule has 0 aromatic carbocycles. The van der Waals surface area contributed by atoms with E-state index >= 15 is 0 Å². The summed E-state index contributed by atoms with van der Waals surface area (Å²) in [5.41, 5.74) is 0. The van der Waals surface area contributed by atoms with Gasteiger partial charge in [0, 0.05) is 6.54 Å². The molecule has 0 aromatic rings. The Morgan fingerprint density at radius 2 is 1.13 bits per heavy atom. The van der Waals surface area contributed by atoms with Gasteiger partial charge < -0.3 is 5.11 Å². The quantitative estimate of drug-likeness (QED) is 0.650. The van der Waals surface area contributed by atoms with Crippen LogP contribution in [0.3, 0.4) is 0 Å². The first kappa shape index (κ1) is 22.1. The van der Waals surface area contributed by atoms with Gasteiger partial charge in [0.05, 0.1) is 6.61 Å². The lowest BCUT2D eigenvalue weighted by atomic mass is 10.0. The van der Waals surface area contributed by atoms with Crippen LogP contribution in [0.15, 0.2) is 0 Å². The Labute approximate surface area is 120 Å². The monoisotopic (exact) mass is 393 g/mol. The lowest BCUT2D eigenvalue weighted by Gasteiger charge is -2.36. The second-order valence-corrected chi connectivity index (χ2v) is 5.67. The molecule has 2 N–H and O–H groups in total. The van der Waals surface area contributed by atoms with E-state index in [1.165, 1.54) is 0 Å². The van der Waals surface area contributed by atoms with Crippen molar-refractivity contribution in [2.75, 3.05) is 13.2 Å². The zero-order valence-corrected chi connectivity index (χ0v) is 11.1. The molecule has 0 saturated heterocycles. The second kappa shape index (κ2) is 5.87. The molecule has 0 aliphatic carbocycles. The number of aliphatic hydroxyl groups is 1. The molecule has 0 radical (unpaired) electrons. The highest BCUT2D eigenvalue weighted by atomic mass is 32.2. The molecule has 0 rings (SSSR count). The van der Waals surface area contributed by atoms with Gasteiger partial charge in [-0.2, -0.15) is 48.3 Å². The smallest absolute Gasteiger partial charge is 0.395 e. The van der Waals surface area contributed by atoms with Crippen LogP contribution in [0, 0.1) is 0 Å². The van der Waals surface area contributed by atoms with Crippen molar-refractivity contribution in [3.8, 4) is 0 Å². The predicted octanol–water partition coefficient (Wildman–Crippen LogP) is 1.96. The molecule has 16 heteroatoms. The summed E-state index contributed by atoms with van der Waals surface area (Å²) in [6.45, 7) is -2.72. The van der Waals surface area contributed by atoms with Crippen LogP contribution in [0.25, 0.3) is 0 Å². The van der Waals surface area contributed by atoms with Crippen molar-refractivity contribution in [2.45, 2.75) is 29.2 Å². The average molecular weight is 393 g/mol. The van der Waals surface area contributed by atoms with Crippen LogP contribution in [-0.4, -0.2) is 55.9 Å². The van der Waals surface area contributed by atoms with Gasteiger partial charge in [0.25, 0.3) is 10.0 Å². The molecular weight excluding hydrogens is 387 g/mol. The summed E-state index contributed by atoms with van der Waals surface area (Å²) in [5.74, 6) is -23.1. The molecule has 0 heterocycles. The van der Waals surface area contributed by atoms with Gasteiger partial charge in [-0.1, -0.05) is 0 Å². The number of hydrogen-bond donors (Lipinski definition) is 2. The van der Waals surface area contributed by atoms with Crippen molar-refractivity contribution in [2.24, 2.45) is 0 Å². The first-order chi connectivity index (χ1) is 9.81. The zero-order chi connectivity index (χ0) is 19.1. The van der Waals surface area contributed by atoms with Crippen molar-refractivity contribution in [1.82, 2.24) is 4.72 Å². The van der Waals surface area contributed by atoms with Gasteiger partial charge in [-0.15, -0.1) is 0 Å². The maximum atomic E-state index is 13.1. The Balaban J connectivity index is 6.15. The van der Waals surface area contributed by atoms with E-state index in [4.69, 9.17) is 5.11 Å². The van der Waals surface area contributed by atoms with E-state index in [2.05, 4.69) is 0 Å². The van der Waals surface area contributed by atoms with Gasteiger partial charge in [-0.05, 0) is 0 Å². The summed E-state index contributed by atoms with van der Waals surface area (Å²) in [6, 6.07) is 0. The highest BCUT2D eigenvalue weighted by Gasteiger charge is 2.89. The molecule has 23 heavy (non-hydrogen) atoms. The third kappa shape index (κ3) is 3.19. The topological polar surface area (TPSA) is 66.4 Å². The van der Waals surface area contributed by atoms with E-state index in [9.17, 15) is 56.7 Å². The number of sulfonamides is 1. The molecule has 4 nitrogen and oxygen atoms in total. The average Bonchev–Trinajstić information content (AvgIpc) is 2.34. The van der Waals surface area contributed by atoms with Gasteiger partial charge in [0.1, 0.15) is 0 Å². The lowest BCUT2D eigenvalue weighted by Crippen LogP contribution is -2.69. The van der Waals surface area contributed by atoms with Crippen LogP contribution in [0.4, 0.5) is 48.3 Å². The summed E-state index contributed by atoms with van der Waals surface area (Å²) in [4.78, 5) is 0. The molecule has 0 aliphatic rings. The van der Waals surface area contributed by atoms with Crippen LogP contribution in [0.2, 0.25) is 0 Å². The third-order valence-electron chi connectivity index (χ3n) is 2.25. The van der Waals surface area contributed by atoms with E-state index in [0.717, 1.165) is 0 Å². The van der Waals surface area contributed by atoms with Gasteiger partial charge >= 0.3 is 29.2 Å². The van der Waals surface area contributed by atoms with Crippen LogP contribution >= 0.6 is 0 Å². The summed E-state index contributed by atoms with van der Waals surface area (Å²) in [7, 11) is -6.84. The standard InChI is InChI=1S/C7H6F11NO3S/c8-3(9,4(10,11)6(14,15)16)5(12,13)7(17,18)23(21,22)19-1-2-20/h19-20H,1-2H2. The Hall–Kier alpha value is -0.900. The van der Waals surface area contributed by atoms with Crippen molar-refractivity contribution >= 4 is 10.0 Å². The minimum atomic E-state index is -7.81. The maximum absolute atomic E-state index is 13.1. The molecule has 0 aliphatic heterocycles. The van der Waals surface area contributed by atoms with Crippen molar-refractivity contribution in [3.63, 3.8) is 0 Å². The first-order valence-corrected chi connectivity index (χ1v) is 6.47. The number of alkyl halides is 11. The molecular formula is C7H6F11NO3S. The first-order valence-electron chi connectivity index (χ1n) is 4.99. The molecule has 0 unspecified atom stereocenters. The summed E-state index contributed by atoms with van der Waals surface area (Å²) >= 11 is 0. The largest absolute Gasteiger partial charge is 0.460 e. The fourth-order valence-corrected chi connectivity index (χ4v) is 2.00. The van der Waals surface area contributed by atoms with Gasteiger partial charge in [-0.25, -0.2) is 13.1 Å². The third-order valence-corrected chi connectivity index (χ3v) is 3.77. The van der Waals surface area contributed by atoms with Crippen LogP contribution in [-0.2, 0) is 10.0 Å². The Morgan fingerprint density at radius 1 is 0.739 bits per heavy atom. The van der Waals surface area contributed by atoms with Crippen molar-refractivity contribution in [3.05, 3.63) is 0 Å². The van der Waals surface area contributed by atoms with Crippen molar-refractivity contribution < 1.29 is 61.8 Å². The van der Waals surface area contributed by atoms with E-state index in [1.54, 1.807) is 0 Å². The minimum absolute atomic E-state index is 0.450. The van der Waals surface area contributed by atoms with Crippen LogP contribution in [0.5, 0.6) is 0 Å². The summed E-state index contributed by atoms with van der Waals surface area (Å²) in [6.07, 6.45) is -7.38. The number of hydrogen-bond acceptors (Lipinski definition) is 3. The summed E-state index contributed by atoms with van der Waals surface area (Å²) < 4.78 is 160. The Bertz CT molecular complexity index is 526. The fraction of sp³-hybridized carbons (Fsp3) is 1.00. The predicted molar refractivity (Wildman–Crippen MR) is 49.9 cm³/mol. The molecule has 0 spiro atoms. The molecule has 0 fully saturated rings. The molecule has 140 valence electrons. The van der Waals surface area contributed by atoms with Crippen LogP contribution < -0.4 is 4.72 Å². The number of nitrogens with one attached hydrogen (secondary N) is 1. The van der Waals surface area contributed by atoms with Gasteiger partial charge in [0.15, 0.2) is 0 Å².